The van der Waals surface area contributed by atoms with Crippen molar-refractivity contribution in [2.45, 2.75) is 6.54 Å². The number of anilines is 1. The Kier molecular flexibility index (Phi) is 5.82. The van der Waals surface area contributed by atoms with Crippen molar-refractivity contribution in [3.63, 3.8) is 0 Å². The topological polar surface area (TPSA) is 60.4 Å². The summed E-state index contributed by atoms with van der Waals surface area (Å²) in [5.74, 6) is 1.23. The van der Waals surface area contributed by atoms with Crippen LogP contribution in [0, 0.1) is 0 Å². The van der Waals surface area contributed by atoms with E-state index in [1.807, 2.05) is 48.5 Å². The molecule has 1 amide bonds. The zero-order chi connectivity index (χ0) is 22.0. The molecule has 0 unspecified atom stereocenters. The Hall–Kier alpha value is -3.51. The number of amides is 1. The predicted molar refractivity (Wildman–Crippen MR) is 121 cm³/mol. The second-order valence-corrected chi connectivity index (χ2v) is 7.32. The summed E-state index contributed by atoms with van der Waals surface area (Å²) in [6.45, 7) is 0.418. The average molecular weight is 437 g/mol. The third kappa shape index (κ3) is 3.94. The number of hydrogen-bond donors (Lipinski definition) is 0. The Bertz CT molecular complexity index is 1130. The first-order chi connectivity index (χ1) is 15.0. The van der Waals surface area contributed by atoms with Crippen LogP contribution >= 0.6 is 11.6 Å². The molecule has 0 radical (unpaired) electrons. The third-order valence-corrected chi connectivity index (χ3v) is 5.29. The van der Waals surface area contributed by atoms with E-state index in [9.17, 15) is 4.79 Å². The van der Waals surface area contributed by atoms with Crippen LogP contribution in [0.15, 0.2) is 65.7 Å². The van der Waals surface area contributed by atoms with Gasteiger partial charge in [0.25, 0.3) is 5.91 Å². The van der Waals surface area contributed by atoms with E-state index >= 15 is 0 Å². The van der Waals surface area contributed by atoms with Gasteiger partial charge in [0.1, 0.15) is 5.71 Å². The van der Waals surface area contributed by atoms with Gasteiger partial charge in [-0.1, -0.05) is 41.9 Å². The number of aliphatic imine (C=N–C) groups is 1. The Labute approximate surface area is 185 Å². The summed E-state index contributed by atoms with van der Waals surface area (Å²) in [7, 11) is 4.62. The molecule has 1 aliphatic heterocycles. The maximum absolute atomic E-state index is 13.4. The van der Waals surface area contributed by atoms with Crippen LogP contribution < -0.4 is 19.1 Å². The molecule has 0 saturated carbocycles. The Morgan fingerprint density at radius 2 is 1.55 bits per heavy atom. The van der Waals surface area contributed by atoms with Gasteiger partial charge in [0.2, 0.25) is 5.75 Å². The van der Waals surface area contributed by atoms with E-state index in [2.05, 4.69) is 4.99 Å². The number of carbonyl (C=O) groups excluding carboxylic acids is 1. The monoisotopic (exact) mass is 436 g/mol. The summed E-state index contributed by atoms with van der Waals surface area (Å²) in [5, 5.41) is 0.654. The smallest absolute Gasteiger partial charge is 0.277 e. The summed E-state index contributed by atoms with van der Waals surface area (Å²) in [6, 6.07) is 18.5. The number of fused-ring (bicyclic) bond motifs is 1. The maximum Gasteiger partial charge on any atom is 0.277 e. The standard InChI is InChI=1S/C24H21ClN2O4/c1-29-20-12-17(13-21(30-2)23(20)31-3)26-22-18-6-4-5-7-19(18)27(24(22)28)14-15-8-10-16(25)11-9-15/h4-13H,14H2,1-3H3. The van der Waals surface area contributed by atoms with E-state index in [0.29, 0.717) is 40.2 Å². The van der Waals surface area contributed by atoms with Gasteiger partial charge in [-0.15, -0.1) is 0 Å². The molecule has 0 saturated heterocycles. The Balaban J connectivity index is 1.76. The van der Waals surface area contributed by atoms with Crippen LogP contribution in [0.3, 0.4) is 0 Å². The van der Waals surface area contributed by atoms with E-state index < -0.39 is 0 Å². The van der Waals surface area contributed by atoms with Gasteiger partial charge in [-0.25, -0.2) is 4.99 Å². The summed E-state index contributed by atoms with van der Waals surface area (Å²) < 4.78 is 16.2. The van der Waals surface area contributed by atoms with Crippen molar-refractivity contribution in [3.05, 3.63) is 76.8 Å². The normalized spacial score (nSPS) is 14.0. The molecule has 1 aliphatic rings. The van der Waals surface area contributed by atoms with E-state index in [1.54, 1.807) is 17.0 Å². The molecule has 0 aliphatic carbocycles. The maximum atomic E-state index is 13.4. The summed E-state index contributed by atoms with van der Waals surface area (Å²) in [4.78, 5) is 19.7. The van der Waals surface area contributed by atoms with Gasteiger partial charge in [0.15, 0.2) is 11.5 Å². The van der Waals surface area contributed by atoms with E-state index in [0.717, 1.165) is 16.8 Å². The minimum atomic E-state index is -0.176. The molecule has 31 heavy (non-hydrogen) atoms. The van der Waals surface area contributed by atoms with Gasteiger partial charge in [-0.3, -0.25) is 4.79 Å². The predicted octanol–water partition coefficient (Wildman–Crippen LogP) is 5.03. The van der Waals surface area contributed by atoms with Crippen LogP contribution in [-0.4, -0.2) is 32.9 Å². The van der Waals surface area contributed by atoms with Crippen molar-refractivity contribution in [3.8, 4) is 17.2 Å². The summed E-state index contributed by atoms with van der Waals surface area (Å²) in [6.07, 6.45) is 0. The molecule has 0 fully saturated rings. The minimum Gasteiger partial charge on any atom is -0.493 e. The molecule has 4 rings (SSSR count). The van der Waals surface area contributed by atoms with Crippen molar-refractivity contribution >= 4 is 34.6 Å². The Morgan fingerprint density at radius 3 is 2.16 bits per heavy atom. The number of carbonyl (C=O) groups is 1. The lowest BCUT2D eigenvalue weighted by molar-refractivity contribution is -0.112. The lowest BCUT2D eigenvalue weighted by Crippen LogP contribution is -2.29. The molecular weight excluding hydrogens is 416 g/mol. The number of halogens is 1. The van der Waals surface area contributed by atoms with Crippen molar-refractivity contribution < 1.29 is 19.0 Å². The summed E-state index contributed by atoms with van der Waals surface area (Å²) >= 11 is 5.99. The number of hydrogen-bond acceptors (Lipinski definition) is 5. The molecule has 0 bridgehead atoms. The first kappa shape index (κ1) is 20.8. The fraction of sp³-hybridized carbons (Fsp3) is 0.167. The van der Waals surface area contributed by atoms with Crippen LogP contribution in [0.5, 0.6) is 17.2 Å². The van der Waals surface area contributed by atoms with Crippen LogP contribution in [0.25, 0.3) is 0 Å². The lowest BCUT2D eigenvalue weighted by Gasteiger charge is -2.17. The van der Waals surface area contributed by atoms with Crippen molar-refractivity contribution in [2.24, 2.45) is 4.99 Å². The molecule has 0 spiro atoms. The van der Waals surface area contributed by atoms with Crippen LogP contribution in [0.1, 0.15) is 11.1 Å². The molecule has 158 valence electrons. The molecule has 1 heterocycles. The first-order valence-electron chi connectivity index (χ1n) is 9.60. The van der Waals surface area contributed by atoms with Gasteiger partial charge >= 0.3 is 0 Å². The highest BCUT2D eigenvalue weighted by Crippen LogP contribution is 2.41. The largest absolute Gasteiger partial charge is 0.493 e. The molecular formula is C24H21ClN2O4. The van der Waals surface area contributed by atoms with Crippen molar-refractivity contribution in [1.82, 2.24) is 0 Å². The van der Waals surface area contributed by atoms with E-state index in [4.69, 9.17) is 25.8 Å². The van der Waals surface area contributed by atoms with Gasteiger partial charge in [0, 0.05) is 22.7 Å². The number of benzene rings is 3. The quantitative estimate of drug-likeness (QED) is 0.543. The third-order valence-electron chi connectivity index (χ3n) is 5.04. The molecule has 0 aromatic heterocycles. The fourth-order valence-electron chi connectivity index (χ4n) is 3.56. The van der Waals surface area contributed by atoms with Crippen LogP contribution in [0.4, 0.5) is 11.4 Å². The summed E-state index contributed by atoms with van der Waals surface area (Å²) in [5.41, 5.74) is 3.45. The van der Waals surface area contributed by atoms with Gasteiger partial charge in [-0.2, -0.15) is 0 Å². The highest BCUT2D eigenvalue weighted by molar-refractivity contribution is 6.54. The number of para-hydroxylation sites is 1. The number of methoxy groups -OCH3 is 3. The minimum absolute atomic E-state index is 0.176. The SMILES string of the molecule is COc1cc(N=C2C(=O)N(Cc3ccc(Cl)cc3)c3ccccc32)cc(OC)c1OC. The second-order valence-electron chi connectivity index (χ2n) is 6.88. The van der Waals surface area contributed by atoms with E-state index in [-0.39, 0.29) is 5.91 Å². The Morgan fingerprint density at radius 1 is 0.903 bits per heavy atom. The van der Waals surface area contributed by atoms with Crippen molar-refractivity contribution in [2.75, 3.05) is 26.2 Å². The molecule has 3 aromatic rings. The zero-order valence-electron chi connectivity index (χ0n) is 17.4. The van der Waals surface area contributed by atoms with Gasteiger partial charge in [-0.05, 0) is 23.8 Å². The number of rotatable bonds is 6. The molecule has 7 heteroatoms. The number of ether oxygens (including phenoxy) is 3. The number of nitrogens with zero attached hydrogens (tertiary/aromatic N) is 2. The highest BCUT2D eigenvalue weighted by atomic mass is 35.5. The second kappa shape index (κ2) is 8.70. The van der Waals surface area contributed by atoms with Crippen molar-refractivity contribution in [1.29, 1.82) is 0 Å². The molecule has 0 N–H and O–H groups in total. The molecule has 3 aromatic carbocycles. The van der Waals surface area contributed by atoms with Gasteiger partial charge < -0.3 is 19.1 Å². The molecule has 6 nitrogen and oxygen atoms in total. The van der Waals surface area contributed by atoms with Gasteiger partial charge in [0.05, 0.1) is 39.2 Å². The van der Waals surface area contributed by atoms with Crippen LogP contribution in [0.2, 0.25) is 5.02 Å². The lowest BCUT2D eigenvalue weighted by atomic mass is 10.1. The fourth-order valence-corrected chi connectivity index (χ4v) is 3.69. The zero-order valence-corrected chi connectivity index (χ0v) is 18.1. The van der Waals surface area contributed by atoms with Crippen LogP contribution in [-0.2, 0) is 11.3 Å². The molecule has 0 atom stereocenters. The first-order valence-corrected chi connectivity index (χ1v) is 9.98. The highest BCUT2D eigenvalue weighted by Gasteiger charge is 2.33. The van der Waals surface area contributed by atoms with E-state index in [1.165, 1.54) is 21.3 Å². The average Bonchev–Trinajstić information content (AvgIpc) is 3.05.